The Labute approximate surface area is 204 Å². The van der Waals surface area contributed by atoms with E-state index in [1.807, 2.05) is 48.5 Å². The molecule has 9 heteroatoms. The molecule has 1 heterocycles. The number of benzene rings is 3. The van der Waals surface area contributed by atoms with Crippen LogP contribution in [0.4, 0.5) is 14.9 Å². The average Bonchev–Trinajstić information content (AvgIpc) is 3.47. The predicted molar refractivity (Wildman–Crippen MR) is 130 cm³/mol. The molecule has 5 rings (SSSR count). The maximum atomic E-state index is 14.7. The molecule has 0 bridgehead atoms. The number of aliphatic carboxylic acids is 1. The minimum absolute atomic E-state index is 0.0292. The summed E-state index contributed by atoms with van der Waals surface area (Å²) in [6, 6.07) is 18.6. The lowest BCUT2D eigenvalue weighted by Crippen LogP contribution is -2.42. The van der Waals surface area contributed by atoms with Gasteiger partial charge in [0, 0.05) is 11.7 Å². The van der Waals surface area contributed by atoms with Crippen molar-refractivity contribution in [3.05, 3.63) is 89.2 Å². The first-order valence-corrected chi connectivity index (χ1v) is 12.1. The lowest BCUT2D eigenvalue weighted by Gasteiger charge is -2.22. The number of carboxylic acid groups (broad SMARTS) is 1. The van der Waals surface area contributed by atoms with Crippen molar-refractivity contribution in [3.63, 3.8) is 0 Å². The van der Waals surface area contributed by atoms with E-state index in [1.165, 1.54) is 23.9 Å². The number of hydrogen-bond acceptors (Lipinski definition) is 5. The summed E-state index contributed by atoms with van der Waals surface area (Å²) >= 11 is 1.30. The van der Waals surface area contributed by atoms with E-state index in [9.17, 15) is 23.9 Å². The molecule has 3 aromatic carbocycles. The molecule has 0 aromatic heterocycles. The van der Waals surface area contributed by atoms with E-state index in [0.29, 0.717) is 0 Å². The second-order valence-electron chi connectivity index (χ2n) is 8.24. The van der Waals surface area contributed by atoms with Crippen molar-refractivity contribution in [2.45, 2.75) is 12.0 Å². The first-order valence-electron chi connectivity index (χ1n) is 11.0. The van der Waals surface area contributed by atoms with Crippen LogP contribution in [0.1, 0.15) is 27.4 Å². The quantitative estimate of drug-likeness (QED) is 0.532. The number of hydrogen-bond donors (Lipinski definition) is 2. The summed E-state index contributed by atoms with van der Waals surface area (Å²) in [7, 11) is 0. The Morgan fingerprint density at radius 1 is 1.00 bits per heavy atom. The van der Waals surface area contributed by atoms with Gasteiger partial charge in [-0.3, -0.25) is 10.1 Å². The number of carbonyl (C=O) groups excluding carboxylic acids is 2. The molecule has 7 nitrogen and oxygen atoms in total. The summed E-state index contributed by atoms with van der Waals surface area (Å²) in [6.07, 6.45) is -0.906. The Hall–Kier alpha value is -3.85. The third kappa shape index (κ3) is 4.23. The molecule has 2 aliphatic rings. The highest BCUT2D eigenvalue weighted by Gasteiger charge is 2.36. The lowest BCUT2D eigenvalue weighted by molar-refractivity contribution is -0.140. The monoisotopic (exact) mass is 492 g/mol. The van der Waals surface area contributed by atoms with Crippen molar-refractivity contribution >= 4 is 35.4 Å². The standard InChI is InChI=1S/C26H21FN2O5S/c27-21-11-5-10-19(24(30)29-14-35-13-22(29)25(31)32)23(21)28-26(33)34-12-20-17-8-3-1-6-15(17)16-7-2-4-9-18(16)20/h1-11,20,22H,12-14H2,(H,28,33)(H,31,32)/t22-/m0/s1. The Bertz CT molecular complexity index is 1290. The van der Waals surface area contributed by atoms with E-state index >= 15 is 0 Å². The molecule has 1 aliphatic carbocycles. The summed E-state index contributed by atoms with van der Waals surface area (Å²) in [4.78, 5) is 38.4. The maximum Gasteiger partial charge on any atom is 0.411 e. The molecular weight excluding hydrogens is 471 g/mol. The van der Waals surface area contributed by atoms with Gasteiger partial charge in [0.1, 0.15) is 18.5 Å². The zero-order valence-corrected chi connectivity index (χ0v) is 19.3. The topological polar surface area (TPSA) is 95.9 Å². The second-order valence-corrected chi connectivity index (χ2v) is 9.24. The number of thioether (sulfide) groups is 1. The van der Waals surface area contributed by atoms with Gasteiger partial charge in [-0.05, 0) is 34.4 Å². The highest BCUT2D eigenvalue weighted by atomic mass is 32.2. The molecule has 0 unspecified atom stereocenters. The van der Waals surface area contributed by atoms with Crippen LogP contribution in [0.15, 0.2) is 66.7 Å². The second kappa shape index (κ2) is 9.42. The normalized spacial score (nSPS) is 16.5. The number of amides is 2. The number of rotatable bonds is 5. The fraction of sp³-hybridized carbons (Fsp3) is 0.192. The van der Waals surface area contributed by atoms with E-state index in [2.05, 4.69) is 5.32 Å². The van der Waals surface area contributed by atoms with E-state index in [-0.39, 0.29) is 35.4 Å². The molecular formula is C26H21FN2O5S. The van der Waals surface area contributed by atoms with Gasteiger partial charge in [-0.1, -0.05) is 54.6 Å². The molecule has 35 heavy (non-hydrogen) atoms. The number of nitrogens with one attached hydrogen (secondary N) is 1. The first-order chi connectivity index (χ1) is 17.0. The van der Waals surface area contributed by atoms with Gasteiger partial charge in [0.25, 0.3) is 5.91 Å². The lowest BCUT2D eigenvalue weighted by atomic mass is 9.98. The van der Waals surface area contributed by atoms with E-state index in [0.717, 1.165) is 33.2 Å². The van der Waals surface area contributed by atoms with Gasteiger partial charge in [-0.2, -0.15) is 0 Å². The zero-order valence-electron chi connectivity index (χ0n) is 18.4. The van der Waals surface area contributed by atoms with Crippen molar-refractivity contribution in [1.29, 1.82) is 0 Å². The molecule has 0 radical (unpaired) electrons. The van der Waals surface area contributed by atoms with Gasteiger partial charge in [0.05, 0.1) is 17.1 Å². The molecule has 178 valence electrons. The molecule has 2 amide bonds. The van der Waals surface area contributed by atoms with Gasteiger partial charge in [0.2, 0.25) is 0 Å². The van der Waals surface area contributed by atoms with Crippen LogP contribution in [0.25, 0.3) is 11.1 Å². The number of anilines is 1. The minimum atomic E-state index is -1.13. The molecule has 1 fully saturated rings. The van der Waals surface area contributed by atoms with E-state index in [4.69, 9.17) is 4.74 Å². The third-order valence-corrected chi connectivity index (χ3v) is 7.26. The number of nitrogens with zero attached hydrogens (tertiary/aromatic N) is 1. The van der Waals surface area contributed by atoms with Crippen molar-refractivity contribution in [3.8, 4) is 11.1 Å². The highest BCUT2D eigenvalue weighted by molar-refractivity contribution is 7.99. The highest BCUT2D eigenvalue weighted by Crippen LogP contribution is 2.44. The van der Waals surface area contributed by atoms with Gasteiger partial charge in [-0.15, -0.1) is 11.8 Å². The molecule has 0 spiro atoms. The summed E-state index contributed by atoms with van der Waals surface area (Å²) in [6.45, 7) is 0.0292. The van der Waals surface area contributed by atoms with Gasteiger partial charge in [-0.25, -0.2) is 14.0 Å². The van der Waals surface area contributed by atoms with Crippen LogP contribution in [0.3, 0.4) is 0 Å². The number of para-hydroxylation sites is 1. The maximum absolute atomic E-state index is 14.7. The average molecular weight is 493 g/mol. The fourth-order valence-corrected chi connectivity index (χ4v) is 5.71. The Morgan fingerprint density at radius 3 is 2.31 bits per heavy atom. The van der Waals surface area contributed by atoms with E-state index < -0.39 is 29.8 Å². The number of carbonyl (C=O) groups is 3. The van der Waals surface area contributed by atoms with Crippen LogP contribution < -0.4 is 5.32 Å². The van der Waals surface area contributed by atoms with Gasteiger partial charge in [0.15, 0.2) is 0 Å². The molecule has 0 saturated carbocycles. The Morgan fingerprint density at radius 2 is 1.66 bits per heavy atom. The zero-order chi connectivity index (χ0) is 24.5. The Balaban J connectivity index is 1.34. The van der Waals surface area contributed by atoms with Crippen LogP contribution >= 0.6 is 11.8 Å². The van der Waals surface area contributed by atoms with Crippen molar-refractivity contribution in [2.24, 2.45) is 0 Å². The van der Waals surface area contributed by atoms with Crippen molar-refractivity contribution < 1.29 is 28.6 Å². The van der Waals surface area contributed by atoms with E-state index in [1.54, 1.807) is 0 Å². The summed E-state index contributed by atoms with van der Waals surface area (Å²) in [5.74, 6) is -2.39. The van der Waals surface area contributed by atoms with Crippen LogP contribution in [0, 0.1) is 5.82 Å². The number of halogens is 1. The fourth-order valence-electron chi connectivity index (χ4n) is 4.57. The van der Waals surface area contributed by atoms with Crippen molar-refractivity contribution in [1.82, 2.24) is 4.90 Å². The van der Waals surface area contributed by atoms with Crippen LogP contribution in [-0.2, 0) is 9.53 Å². The van der Waals surface area contributed by atoms with Gasteiger partial charge >= 0.3 is 12.1 Å². The number of ether oxygens (including phenoxy) is 1. The first kappa shape index (κ1) is 22.9. The van der Waals surface area contributed by atoms with Gasteiger partial charge < -0.3 is 14.7 Å². The summed E-state index contributed by atoms with van der Waals surface area (Å²) in [5.41, 5.74) is 3.76. The van der Waals surface area contributed by atoms with Crippen LogP contribution in [0.2, 0.25) is 0 Å². The summed E-state index contributed by atoms with van der Waals surface area (Å²) in [5, 5.41) is 11.8. The number of carboxylic acids is 1. The Kier molecular flexibility index (Phi) is 6.17. The third-order valence-electron chi connectivity index (χ3n) is 6.24. The smallest absolute Gasteiger partial charge is 0.411 e. The molecule has 1 aliphatic heterocycles. The SMILES string of the molecule is O=C(Nc1c(F)cccc1C(=O)N1CSC[C@H]1C(=O)O)OCC1c2ccccc2-c2ccccc21. The van der Waals surface area contributed by atoms with Crippen LogP contribution in [-0.4, -0.2) is 52.3 Å². The molecule has 1 atom stereocenters. The molecule has 3 aromatic rings. The largest absolute Gasteiger partial charge is 0.480 e. The van der Waals surface area contributed by atoms with Crippen molar-refractivity contribution in [2.75, 3.05) is 23.6 Å². The predicted octanol–water partition coefficient (Wildman–Crippen LogP) is 4.79. The minimum Gasteiger partial charge on any atom is -0.480 e. The van der Waals surface area contributed by atoms with Crippen LogP contribution in [0.5, 0.6) is 0 Å². The summed E-state index contributed by atoms with van der Waals surface area (Å²) < 4.78 is 20.2. The molecule has 2 N–H and O–H groups in total. The molecule has 1 saturated heterocycles. The number of fused-ring (bicyclic) bond motifs is 3.